The summed E-state index contributed by atoms with van der Waals surface area (Å²) >= 11 is 0. The van der Waals surface area contributed by atoms with Crippen LogP contribution in [0.3, 0.4) is 0 Å². The lowest BCUT2D eigenvalue weighted by molar-refractivity contribution is -0.167. The molecule has 0 rings (SSSR count). The van der Waals surface area contributed by atoms with Crippen LogP contribution >= 0.6 is 0 Å². The molecule has 1 atom stereocenters. The van der Waals surface area contributed by atoms with Gasteiger partial charge in [-0.25, -0.2) is 0 Å². The molecule has 0 heterocycles. The molecule has 0 aliphatic heterocycles. The van der Waals surface area contributed by atoms with Crippen LogP contribution in [0.4, 0.5) is 0 Å². The van der Waals surface area contributed by atoms with Crippen LogP contribution in [0.1, 0.15) is 316 Å². The highest BCUT2D eigenvalue weighted by Gasteiger charge is 2.19. The van der Waals surface area contributed by atoms with Gasteiger partial charge >= 0.3 is 17.9 Å². The molecule has 0 aromatic heterocycles. The fraction of sp³-hybridized carbons (Fsp3) is 0.693. The highest BCUT2D eigenvalue weighted by Crippen LogP contribution is 2.17. The van der Waals surface area contributed by atoms with Crippen molar-refractivity contribution in [3.63, 3.8) is 0 Å². The summed E-state index contributed by atoms with van der Waals surface area (Å²) in [6.07, 6.45) is 95.3. The Hall–Kier alpha value is -4.19. The van der Waals surface area contributed by atoms with Gasteiger partial charge < -0.3 is 14.2 Å². The van der Waals surface area contributed by atoms with Gasteiger partial charge in [-0.2, -0.15) is 0 Å². The molecule has 81 heavy (non-hydrogen) atoms. The summed E-state index contributed by atoms with van der Waals surface area (Å²) in [5.74, 6) is -0.947. The van der Waals surface area contributed by atoms with E-state index in [-0.39, 0.29) is 37.5 Å². The van der Waals surface area contributed by atoms with E-state index in [1.165, 1.54) is 161 Å². The zero-order valence-electron chi connectivity index (χ0n) is 53.0. The molecule has 1 unspecified atom stereocenters. The van der Waals surface area contributed by atoms with E-state index in [4.69, 9.17) is 14.2 Å². The predicted octanol–water partition coefficient (Wildman–Crippen LogP) is 23.6. The van der Waals surface area contributed by atoms with E-state index >= 15 is 0 Å². The molecule has 0 saturated heterocycles. The van der Waals surface area contributed by atoms with Crippen LogP contribution in [0, 0.1) is 0 Å². The molecule has 6 heteroatoms. The highest BCUT2D eigenvalue weighted by atomic mass is 16.6. The summed E-state index contributed by atoms with van der Waals surface area (Å²) in [6.45, 7) is 6.38. The van der Waals surface area contributed by atoms with Gasteiger partial charge in [-0.05, 0) is 103 Å². The lowest BCUT2D eigenvalue weighted by atomic mass is 10.0. The van der Waals surface area contributed by atoms with Crippen LogP contribution in [-0.4, -0.2) is 37.2 Å². The minimum atomic E-state index is -0.807. The standard InChI is InChI=1S/C75H126O6/c1-4-7-10-13-16-19-22-24-26-28-29-30-31-32-33-34-35-36-37-38-39-40-41-42-43-44-45-47-48-50-53-56-59-62-65-68-74(77)80-71-72(70-79-73(76)67-64-61-58-55-52-21-18-15-12-9-6-3)81-75(78)69-66-63-60-57-54-51-49-46-27-25-23-20-17-14-11-8-5-2/h7-8,10-11,16-17,19-20,24-27,29-30,32-33,49,51,57,60,72H,4-6,9,12-15,18,21-23,28,31,34-48,50,52-56,58-59,61-71H2,1-3H3/b10-7-,11-8-,19-16-,20-17-,26-24-,27-25-,30-29-,33-32-,51-49-,60-57-. The zero-order valence-corrected chi connectivity index (χ0v) is 53.0. The van der Waals surface area contributed by atoms with E-state index in [0.29, 0.717) is 19.3 Å². The SMILES string of the molecule is CC/C=C\C/C=C\C/C=C\C/C=C\C/C=C\CCCCCCCCCCCCCCCCCCCCCC(=O)OCC(COC(=O)CCCCCCCCCCCCC)OC(=O)CCC/C=C\C/C=C\C/C=C\C/C=C\C/C=C\CC. The van der Waals surface area contributed by atoms with Crippen molar-refractivity contribution < 1.29 is 28.6 Å². The molecule has 0 fully saturated rings. The first kappa shape index (κ1) is 76.8. The molecule has 0 radical (unpaired) electrons. The normalized spacial score (nSPS) is 12.9. The number of rotatable bonds is 61. The first-order chi connectivity index (χ1) is 40.0. The Kier molecular flexibility index (Phi) is 64.8. The summed E-state index contributed by atoms with van der Waals surface area (Å²) in [5, 5.41) is 0. The summed E-state index contributed by atoms with van der Waals surface area (Å²) in [6, 6.07) is 0. The van der Waals surface area contributed by atoms with Crippen LogP contribution in [0.2, 0.25) is 0 Å². The molecule has 0 aromatic carbocycles. The minimum absolute atomic E-state index is 0.0976. The third kappa shape index (κ3) is 66.5. The summed E-state index contributed by atoms with van der Waals surface area (Å²) in [7, 11) is 0. The van der Waals surface area contributed by atoms with E-state index in [2.05, 4.69) is 142 Å². The number of esters is 3. The van der Waals surface area contributed by atoms with Gasteiger partial charge in [0.15, 0.2) is 6.10 Å². The van der Waals surface area contributed by atoms with Gasteiger partial charge in [0.05, 0.1) is 0 Å². The van der Waals surface area contributed by atoms with Crippen molar-refractivity contribution in [2.45, 2.75) is 322 Å². The van der Waals surface area contributed by atoms with Crippen molar-refractivity contribution in [3.8, 4) is 0 Å². The Morgan fingerprint density at radius 1 is 0.259 bits per heavy atom. The smallest absolute Gasteiger partial charge is 0.306 e. The van der Waals surface area contributed by atoms with Gasteiger partial charge in [-0.1, -0.05) is 316 Å². The van der Waals surface area contributed by atoms with E-state index in [1.54, 1.807) is 0 Å². The average molecular weight is 1120 g/mol. The van der Waals surface area contributed by atoms with Crippen LogP contribution < -0.4 is 0 Å². The molecular weight excluding hydrogens is 997 g/mol. The molecule has 0 aliphatic carbocycles. The number of ether oxygens (including phenoxy) is 3. The van der Waals surface area contributed by atoms with Gasteiger partial charge in [0, 0.05) is 19.3 Å². The first-order valence-electron chi connectivity index (χ1n) is 34.0. The van der Waals surface area contributed by atoms with Crippen molar-refractivity contribution in [1.29, 1.82) is 0 Å². The van der Waals surface area contributed by atoms with Crippen molar-refractivity contribution in [3.05, 3.63) is 122 Å². The average Bonchev–Trinajstić information content (AvgIpc) is 3.47. The topological polar surface area (TPSA) is 78.9 Å². The van der Waals surface area contributed by atoms with Crippen molar-refractivity contribution in [2.24, 2.45) is 0 Å². The fourth-order valence-corrected chi connectivity index (χ4v) is 9.45. The van der Waals surface area contributed by atoms with Crippen molar-refractivity contribution in [2.75, 3.05) is 13.2 Å². The molecule has 0 N–H and O–H groups in total. The minimum Gasteiger partial charge on any atom is -0.462 e. The molecule has 0 bridgehead atoms. The number of hydrogen-bond acceptors (Lipinski definition) is 6. The Bertz CT molecular complexity index is 1670. The maximum atomic E-state index is 12.9. The fourth-order valence-electron chi connectivity index (χ4n) is 9.45. The maximum absolute atomic E-state index is 12.9. The summed E-state index contributed by atoms with van der Waals surface area (Å²) in [4.78, 5) is 38.2. The Labute approximate surface area is 501 Å². The quantitative estimate of drug-likeness (QED) is 0.0261. The lowest BCUT2D eigenvalue weighted by Gasteiger charge is -2.18. The highest BCUT2D eigenvalue weighted by molar-refractivity contribution is 5.71. The third-order valence-electron chi connectivity index (χ3n) is 14.5. The van der Waals surface area contributed by atoms with Gasteiger partial charge in [0.2, 0.25) is 0 Å². The number of allylic oxidation sites excluding steroid dienone is 20. The van der Waals surface area contributed by atoms with Gasteiger partial charge in [0.25, 0.3) is 0 Å². The lowest BCUT2D eigenvalue weighted by Crippen LogP contribution is -2.30. The number of carbonyl (C=O) groups excluding carboxylic acids is 3. The van der Waals surface area contributed by atoms with Crippen LogP contribution in [-0.2, 0) is 28.6 Å². The van der Waals surface area contributed by atoms with E-state index in [9.17, 15) is 14.4 Å². The van der Waals surface area contributed by atoms with Crippen molar-refractivity contribution in [1.82, 2.24) is 0 Å². The molecule has 0 aromatic rings. The maximum Gasteiger partial charge on any atom is 0.306 e. The Morgan fingerprint density at radius 2 is 0.494 bits per heavy atom. The van der Waals surface area contributed by atoms with Gasteiger partial charge in [-0.3, -0.25) is 14.4 Å². The van der Waals surface area contributed by atoms with E-state index < -0.39 is 6.10 Å². The number of unbranched alkanes of at least 4 members (excludes halogenated alkanes) is 30. The molecule has 0 saturated carbocycles. The molecular formula is C75H126O6. The van der Waals surface area contributed by atoms with Crippen LogP contribution in [0.25, 0.3) is 0 Å². The van der Waals surface area contributed by atoms with Gasteiger partial charge in [-0.15, -0.1) is 0 Å². The van der Waals surface area contributed by atoms with E-state index in [0.717, 1.165) is 109 Å². The first-order valence-corrected chi connectivity index (χ1v) is 34.0. The van der Waals surface area contributed by atoms with E-state index in [1.807, 2.05) is 0 Å². The monoisotopic (exact) mass is 1120 g/mol. The van der Waals surface area contributed by atoms with Crippen LogP contribution in [0.15, 0.2) is 122 Å². The Balaban J connectivity index is 4.15. The summed E-state index contributed by atoms with van der Waals surface area (Å²) < 4.78 is 16.9. The number of carbonyl (C=O) groups is 3. The molecule has 0 spiro atoms. The van der Waals surface area contributed by atoms with Crippen LogP contribution in [0.5, 0.6) is 0 Å². The van der Waals surface area contributed by atoms with Crippen molar-refractivity contribution >= 4 is 17.9 Å². The molecule has 0 amide bonds. The predicted molar refractivity (Wildman–Crippen MR) is 353 cm³/mol. The summed E-state index contributed by atoms with van der Waals surface area (Å²) in [5.41, 5.74) is 0. The largest absolute Gasteiger partial charge is 0.462 e. The zero-order chi connectivity index (χ0) is 58.5. The second-order valence-electron chi connectivity index (χ2n) is 22.3. The molecule has 6 nitrogen and oxygen atoms in total. The molecule has 0 aliphatic rings. The Morgan fingerprint density at radius 3 is 0.790 bits per heavy atom. The second-order valence-corrected chi connectivity index (χ2v) is 22.3. The molecule has 462 valence electrons. The number of hydrogen-bond donors (Lipinski definition) is 0. The van der Waals surface area contributed by atoms with Gasteiger partial charge in [0.1, 0.15) is 13.2 Å². The third-order valence-corrected chi connectivity index (χ3v) is 14.5. The second kappa shape index (κ2) is 68.3.